The number of carbonyl (C=O) groups excluding carboxylic acids is 1. The molecular weight excluding hydrogens is 310 g/mol. The van der Waals surface area contributed by atoms with Gasteiger partial charge in [0.1, 0.15) is 0 Å². The summed E-state index contributed by atoms with van der Waals surface area (Å²) in [5.74, 6) is -0.275. The Hall–Kier alpha value is -1.20. The van der Waals surface area contributed by atoms with Crippen LogP contribution in [-0.2, 0) is 9.59 Å². The Kier molecular flexibility index (Phi) is 5.94. The van der Waals surface area contributed by atoms with Crippen molar-refractivity contribution in [3.05, 3.63) is 29.3 Å². The van der Waals surface area contributed by atoms with Gasteiger partial charge < -0.3 is 10.0 Å². The topological polar surface area (TPSA) is 57.6 Å². The van der Waals surface area contributed by atoms with E-state index in [2.05, 4.69) is 0 Å². The van der Waals surface area contributed by atoms with E-state index in [9.17, 15) is 9.59 Å². The fourth-order valence-electron chi connectivity index (χ4n) is 2.34. The number of piperidine rings is 1. The van der Waals surface area contributed by atoms with Gasteiger partial charge in [0, 0.05) is 30.2 Å². The van der Waals surface area contributed by atoms with Crippen LogP contribution >= 0.6 is 23.4 Å². The van der Waals surface area contributed by atoms with Crippen LogP contribution in [0, 0.1) is 5.92 Å². The molecule has 4 nitrogen and oxygen atoms in total. The fourth-order valence-corrected chi connectivity index (χ4v) is 3.52. The van der Waals surface area contributed by atoms with Crippen LogP contribution in [-0.4, -0.2) is 40.7 Å². The van der Waals surface area contributed by atoms with E-state index in [0.717, 1.165) is 4.90 Å². The minimum Gasteiger partial charge on any atom is -0.481 e. The first-order chi connectivity index (χ1) is 10.1. The molecule has 1 aliphatic heterocycles. The maximum Gasteiger partial charge on any atom is 0.306 e. The molecule has 0 unspecified atom stereocenters. The maximum absolute atomic E-state index is 12.1. The maximum atomic E-state index is 12.1. The van der Waals surface area contributed by atoms with Gasteiger partial charge in [-0.25, -0.2) is 0 Å². The summed E-state index contributed by atoms with van der Waals surface area (Å²) in [5.41, 5.74) is 0. The van der Waals surface area contributed by atoms with E-state index in [1.54, 1.807) is 16.7 Å². The first kappa shape index (κ1) is 16.2. The molecule has 1 saturated heterocycles. The Bertz CT molecular complexity index is 515. The van der Waals surface area contributed by atoms with Crippen LogP contribution in [0.3, 0.4) is 0 Å². The molecular formula is C15H18ClNO3S. The third kappa shape index (κ3) is 4.64. The standard InChI is InChI=1S/C15H18ClNO3S/c16-12-3-1-2-4-13(12)21-10-7-14(18)17-8-5-11(6-9-17)15(19)20/h1-4,11H,5-10H2,(H,19,20). The Morgan fingerprint density at radius 2 is 1.95 bits per heavy atom. The molecule has 0 spiro atoms. The van der Waals surface area contributed by atoms with E-state index >= 15 is 0 Å². The number of carboxylic acids is 1. The van der Waals surface area contributed by atoms with Crippen LogP contribution < -0.4 is 0 Å². The number of likely N-dealkylation sites (tertiary alicyclic amines) is 1. The molecule has 6 heteroatoms. The van der Waals surface area contributed by atoms with Crippen molar-refractivity contribution >= 4 is 35.2 Å². The van der Waals surface area contributed by atoms with Crippen molar-refractivity contribution in [1.29, 1.82) is 0 Å². The largest absolute Gasteiger partial charge is 0.481 e. The quantitative estimate of drug-likeness (QED) is 0.844. The third-order valence-corrected chi connectivity index (χ3v) is 5.12. The zero-order valence-corrected chi connectivity index (χ0v) is 13.2. The predicted octanol–water partition coefficient (Wildman–Crippen LogP) is 3.15. The molecule has 0 bridgehead atoms. The lowest BCUT2D eigenvalue weighted by molar-refractivity contribution is -0.145. The molecule has 1 N–H and O–H groups in total. The van der Waals surface area contributed by atoms with Crippen molar-refractivity contribution in [2.45, 2.75) is 24.2 Å². The summed E-state index contributed by atoms with van der Waals surface area (Å²) in [4.78, 5) is 25.7. The molecule has 0 radical (unpaired) electrons. The van der Waals surface area contributed by atoms with Crippen molar-refractivity contribution in [2.24, 2.45) is 5.92 Å². The minimum absolute atomic E-state index is 0.0957. The summed E-state index contributed by atoms with van der Waals surface area (Å²) < 4.78 is 0. The highest BCUT2D eigenvalue weighted by molar-refractivity contribution is 7.99. The molecule has 2 rings (SSSR count). The molecule has 1 fully saturated rings. The Labute approximate surface area is 133 Å². The van der Waals surface area contributed by atoms with Crippen molar-refractivity contribution in [3.8, 4) is 0 Å². The summed E-state index contributed by atoms with van der Waals surface area (Å²) in [6.45, 7) is 1.10. The van der Waals surface area contributed by atoms with E-state index < -0.39 is 5.97 Å². The van der Waals surface area contributed by atoms with Gasteiger partial charge in [-0.05, 0) is 25.0 Å². The van der Waals surface area contributed by atoms with Crippen LogP contribution in [0.5, 0.6) is 0 Å². The summed E-state index contributed by atoms with van der Waals surface area (Å²) in [6.07, 6.45) is 1.56. The molecule has 0 aliphatic carbocycles. The average molecular weight is 328 g/mol. The molecule has 1 aliphatic rings. The number of nitrogens with zero attached hydrogens (tertiary/aromatic N) is 1. The predicted molar refractivity (Wildman–Crippen MR) is 83.7 cm³/mol. The SMILES string of the molecule is O=C(O)C1CCN(C(=O)CCSc2ccccc2Cl)CC1. The molecule has 0 aromatic heterocycles. The smallest absolute Gasteiger partial charge is 0.306 e. The first-order valence-electron chi connectivity index (χ1n) is 6.96. The van der Waals surface area contributed by atoms with Gasteiger partial charge in [0.05, 0.1) is 10.9 Å². The number of amides is 1. The monoisotopic (exact) mass is 327 g/mol. The van der Waals surface area contributed by atoms with Crippen molar-refractivity contribution < 1.29 is 14.7 Å². The molecule has 1 aromatic carbocycles. The summed E-state index contributed by atoms with van der Waals surface area (Å²) in [6, 6.07) is 7.58. The van der Waals surface area contributed by atoms with E-state index in [4.69, 9.17) is 16.7 Å². The van der Waals surface area contributed by atoms with E-state index in [1.807, 2.05) is 24.3 Å². The van der Waals surface area contributed by atoms with Gasteiger partial charge in [0.15, 0.2) is 0 Å². The van der Waals surface area contributed by atoms with Crippen LogP contribution in [0.15, 0.2) is 29.2 Å². The fraction of sp³-hybridized carbons (Fsp3) is 0.467. The lowest BCUT2D eigenvalue weighted by Crippen LogP contribution is -2.40. The van der Waals surface area contributed by atoms with Gasteiger partial charge >= 0.3 is 5.97 Å². The lowest BCUT2D eigenvalue weighted by Gasteiger charge is -2.30. The molecule has 1 amide bonds. The van der Waals surface area contributed by atoms with Crippen LogP contribution in [0.25, 0.3) is 0 Å². The second-order valence-electron chi connectivity index (χ2n) is 5.02. The number of thioether (sulfide) groups is 1. The number of benzene rings is 1. The Morgan fingerprint density at radius 3 is 2.57 bits per heavy atom. The highest BCUT2D eigenvalue weighted by atomic mass is 35.5. The van der Waals surface area contributed by atoms with Crippen LogP contribution in [0.1, 0.15) is 19.3 Å². The van der Waals surface area contributed by atoms with Gasteiger partial charge in [0.2, 0.25) is 5.91 Å². The van der Waals surface area contributed by atoms with Crippen molar-refractivity contribution in [2.75, 3.05) is 18.8 Å². The number of hydrogen-bond donors (Lipinski definition) is 1. The van der Waals surface area contributed by atoms with Gasteiger partial charge in [0.25, 0.3) is 0 Å². The third-order valence-electron chi connectivity index (χ3n) is 3.61. The highest BCUT2D eigenvalue weighted by Crippen LogP contribution is 2.27. The second-order valence-corrected chi connectivity index (χ2v) is 6.57. The number of halogens is 1. The zero-order chi connectivity index (χ0) is 15.2. The summed E-state index contributed by atoms with van der Waals surface area (Å²) in [5, 5.41) is 9.64. The van der Waals surface area contributed by atoms with Gasteiger partial charge in [-0.15, -0.1) is 11.8 Å². The van der Waals surface area contributed by atoms with Gasteiger partial charge in [-0.3, -0.25) is 9.59 Å². The van der Waals surface area contributed by atoms with Crippen molar-refractivity contribution in [1.82, 2.24) is 4.90 Å². The molecule has 1 heterocycles. The molecule has 0 saturated carbocycles. The molecule has 1 aromatic rings. The normalized spacial score (nSPS) is 16.0. The van der Waals surface area contributed by atoms with Crippen molar-refractivity contribution in [3.63, 3.8) is 0 Å². The summed E-state index contributed by atoms with van der Waals surface area (Å²) >= 11 is 7.63. The Balaban J connectivity index is 1.73. The molecule has 0 atom stereocenters. The summed E-state index contributed by atoms with van der Waals surface area (Å²) in [7, 11) is 0. The van der Waals surface area contributed by atoms with E-state index in [0.29, 0.717) is 43.1 Å². The average Bonchev–Trinajstić information content (AvgIpc) is 2.49. The van der Waals surface area contributed by atoms with Gasteiger partial charge in [-0.1, -0.05) is 23.7 Å². The zero-order valence-electron chi connectivity index (χ0n) is 11.6. The van der Waals surface area contributed by atoms with E-state index in [1.165, 1.54) is 0 Å². The van der Waals surface area contributed by atoms with Crippen LogP contribution in [0.2, 0.25) is 5.02 Å². The van der Waals surface area contributed by atoms with E-state index in [-0.39, 0.29) is 11.8 Å². The van der Waals surface area contributed by atoms with Crippen LogP contribution in [0.4, 0.5) is 0 Å². The molecule has 114 valence electrons. The molecule has 21 heavy (non-hydrogen) atoms. The van der Waals surface area contributed by atoms with Gasteiger partial charge in [-0.2, -0.15) is 0 Å². The second kappa shape index (κ2) is 7.71. The Morgan fingerprint density at radius 1 is 1.29 bits per heavy atom. The number of rotatable bonds is 5. The number of carbonyl (C=O) groups is 2. The highest BCUT2D eigenvalue weighted by Gasteiger charge is 2.26. The number of aliphatic carboxylic acids is 1. The number of carboxylic acid groups (broad SMARTS) is 1. The minimum atomic E-state index is -0.753. The lowest BCUT2D eigenvalue weighted by atomic mass is 9.97. The number of hydrogen-bond acceptors (Lipinski definition) is 3. The first-order valence-corrected chi connectivity index (χ1v) is 8.32.